The van der Waals surface area contributed by atoms with Crippen molar-refractivity contribution in [3.63, 3.8) is 0 Å². The van der Waals surface area contributed by atoms with Gasteiger partial charge in [0.2, 0.25) is 0 Å². The Morgan fingerprint density at radius 1 is 1.50 bits per heavy atom. The molecule has 12 heavy (non-hydrogen) atoms. The van der Waals surface area contributed by atoms with Crippen LogP contribution in [0.2, 0.25) is 0 Å². The standard InChI is InChI=1S/C6H3BrF3NO/c7-2-1-11-6(12)3(4(2)8)5(9)10/h1,5H,(H,11,12). The second kappa shape index (κ2) is 3.30. The Hall–Kier alpha value is -0.780. The summed E-state index contributed by atoms with van der Waals surface area (Å²) in [6, 6.07) is 0. The van der Waals surface area contributed by atoms with E-state index in [-0.39, 0.29) is 4.47 Å². The molecule has 0 atom stereocenters. The van der Waals surface area contributed by atoms with Crippen LogP contribution in [0.5, 0.6) is 0 Å². The second-order valence-electron chi connectivity index (χ2n) is 1.99. The molecule has 0 aliphatic rings. The van der Waals surface area contributed by atoms with Crippen LogP contribution in [0.1, 0.15) is 12.0 Å². The maximum absolute atomic E-state index is 12.8. The van der Waals surface area contributed by atoms with E-state index in [1.54, 1.807) is 0 Å². The fourth-order valence-corrected chi connectivity index (χ4v) is 1.02. The summed E-state index contributed by atoms with van der Waals surface area (Å²) in [5.74, 6) is -1.21. The zero-order valence-corrected chi connectivity index (χ0v) is 7.16. The SMILES string of the molecule is O=c1[nH]cc(Br)c(F)c1C(F)F. The first-order chi connectivity index (χ1) is 5.54. The van der Waals surface area contributed by atoms with Gasteiger partial charge in [-0.2, -0.15) is 0 Å². The van der Waals surface area contributed by atoms with Crippen molar-refractivity contribution in [2.75, 3.05) is 0 Å². The van der Waals surface area contributed by atoms with E-state index < -0.39 is 23.4 Å². The van der Waals surface area contributed by atoms with Gasteiger partial charge < -0.3 is 4.98 Å². The van der Waals surface area contributed by atoms with Crippen LogP contribution in [0.4, 0.5) is 13.2 Å². The molecule has 1 rings (SSSR count). The number of hydrogen-bond acceptors (Lipinski definition) is 1. The van der Waals surface area contributed by atoms with Crippen LogP contribution in [0.25, 0.3) is 0 Å². The summed E-state index contributed by atoms with van der Waals surface area (Å²) in [7, 11) is 0. The summed E-state index contributed by atoms with van der Waals surface area (Å²) in [6.45, 7) is 0. The molecule has 0 bridgehead atoms. The summed E-state index contributed by atoms with van der Waals surface area (Å²) in [5.41, 5.74) is -2.24. The Morgan fingerprint density at radius 3 is 2.50 bits per heavy atom. The molecule has 0 aliphatic carbocycles. The number of H-pyrrole nitrogens is 1. The highest BCUT2D eigenvalue weighted by atomic mass is 79.9. The molecule has 1 heterocycles. The van der Waals surface area contributed by atoms with Gasteiger partial charge in [0.25, 0.3) is 12.0 Å². The summed E-state index contributed by atoms with van der Waals surface area (Å²) < 4.78 is 36.6. The molecular weight excluding hydrogens is 239 g/mol. The smallest absolute Gasteiger partial charge is 0.272 e. The number of pyridine rings is 1. The second-order valence-corrected chi connectivity index (χ2v) is 2.85. The largest absolute Gasteiger partial charge is 0.327 e. The van der Waals surface area contributed by atoms with E-state index in [1.165, 1.54) is 0 Å². The van der Waals surface area contributed by atoms with Gasteiger partial charge in [-0.05, 0) is 15.9 Å². The van der Waals surface area contributed by atoms with Crippen molar-refractivity contribution in [3.05, 3.63) is 32.4 Å². The van der Waals surface area contributed by atoms with E-state index >= 15 is 0 Å². The van der Waals surface area contributed by atoms with Crippen LogP contribution in [0.15, 0.2) is 15.5 Å². The first kappa shape index (κ1) is 9.31. The first-order valence-electron chi connectivity index (χ1n) is 2.88. The quantitative estimate of drug-likeness (QED) is 0.804. The molecule has 6 heteroatoms. The molecule has 0 unspecified atom stereocenters. The molecule has 1 aromatic rings. The van der Waals surface area contributed by atoms with Crippen molar-refractivity contribution >= 4 is 15.9 Å². The molecular formula is C6H3BrF3NO. The molecule has 66 valence electrons. The molecule has 0 fully saturated rings. The summed E-state index contributed by atoms with van der Waals surface area (Å²) in [5, 5.41) is 0. The van der Waals surface area contributed by atoms with Crippen molar-refractivity contribution in [1.29, 1.82) is 0 Å². The van der Waals surface area contributed by atoms with Gasteiger partial charge in [-0.1, -0.05) is 0 Å². The Bertz CT molecular complexity index is 349. The van der Waals surface area contributed by atoms with Crippen molar-refractivity contribution in [2.45, 2.75) is 6.43 Å². The average molecular weight is 242 g/mol. The minimum absolute atomic E-state index is 0.183. The molecule has 0 spiro atoms. The Balaban J connectivity index is 3.43. The van der Waals surface area contributed by atoms with Gasteiger partial charge in [0.1, 0.15) is 5.56 Å². The lowest BCUT2D eigenvalue weighted by Gasteiger charge is -2.00. The van der Waals surface area contributed by atoms with Crippen molar-refractivity contribution < 1.29 is 13.2 Å². The van der Waals surface area contributed by atoms with Crippen molar-refractivity contribution in [2.24, 2.45) is 0 Å². The third-order valence-electron chi connectivity index (χ3n) is 1.24. The minimum Gasteiger partial charge on any atom is -0.327 e. The minimum atomic E-state index is -3.11. The van der Waals surface area contributed by atoms with Crippen LogP contribution in [-0.2, 0) is 0 Å². The summed E-state index contributed by atoms with van der Waals surface area (Å²) >= 11 is 2.67. The van der Waals surface area contributed by atoms with E-state index in [4.69, 9.17) is 0 Å². The van der Waals surface area contributed by atoms with Gasteiger partial charge in [-0.25, -0.2) is 13.2 Å². The Labute approximate surface area is 73.5 Å². The van der Waals surface area contributed by atoms with Crippen LogP contribution >= 0.6 is 15.9 Å². The van der Waals surface area contributed by atoms with Gasteiger partial charge in [-0.3, -0.25) is 4.79 Å². The highest BCUT2D eigenvalue weighted by molar-refractivity contribution is 9.10. The predicted octanol–water partition coefficient (Wildman–Crippen LogP) is 2.21. The van der Waals surface area contributed by atoms with E-state index in [2.05, 4.69) is 15.9 Å². The summed E-state index contributed by atoms with van der Waals surface area (Å²) in [6.07, 6.45) is -2.13. The highest BCUT2D eigenvalue weighted by Gasteiger charge is 2.19. The Morgan fingerprint density at radius 2 is 2.08 bits per heavy atom. The molecule has 1 aromatic heterocycles. The van der Waals surface area contributed by atoms with Crippen LogP contribution < -0.4 is 5.56 Å². The first-order valence-corrected chi connectivity index (χ1v) is 3.68. The highest BCUT2D eigenvalue weighted by Crippen LogP contribution is 2.22. The number of aromatic amines is 1. The van der Waals surface area contributed by atoms with Gasteiger partial charge in [-0.15, -0.1) is 0 Å². The maximum atomic E-state index is 12.8. The lowest BCUT2D eigenvalue weighted by molar-refractivity contribution is 0.144. The Kier molecular flexibility index (Phi) is 2.56. The fraction of sp³-hybridized carbons (Fsp3) is 0.167. The molecule has 0 saturated heterocycles. The third-order valence-corrected chi connectivity index (χ3v) is 1.82. The van der Waals surface area contributed by atoms with Gasteiger partial charge in [0, 0.05) is 6.20 Å². The number of alkyl halides is 2. The van der Waals surface area contributed by atoms with Crippen molar-refractivity contribution in [1.82, 2.24) is 4.98 Å². The zero-order valence-electron chi connectivity index (χ0n) is 5.57. The number of rotatable bonds is 1. The van der Waals surface area contributed by atoms with E-state index in [0.29, 0.717) is 0 Å². The normalized spacial score (nSPS) is 10.8. The molecule has 0 amide bonds. The lowest BCUT2D eigenvalue weighted by atomic mass is 10.3. The molecule has 1 N–H and O–H groups in total. The molecule has 0 saturated carbocycles. The molecule has 0 radical (unpaired) electrons. The topological polar surface area (TPSA) is 32.9 Å². The third kappa shape index (κ3) is 1.52. The maximum Gasteiger partial charge on any atom is 0.272 e. The number of halogens is 4. The van der Waals surface area contributed by atoms with E-state index in [9.17, 15) is 18.0 Å². The van der Waals surface area contributed by atoms with Gasteiger partial charge in [0.15, 0.2) is 5.82 Å². The zero-order chi connectivity index (χ0) is 9.30. The lowest BCUT2D eigenvalue weighted by Crippen LogP contribution is -2.15. The average Bonchev–Trinajstić information content (AvgIpc) is 1.97. The van der Waals surface area contributed by atoms with Gasteiger partial charge in [0.05, 0.1) is 4.47 Å². The van der Waals surface area contributed by atoms with Gasteiger partial charge >= 0.3 is 0 Å². The van der Waals surface area contributed by atoms with Crippen LogP contribution in [0, 0.1) is 5.82 Å². The predicted molar refractivity (Wildman–Crippen MR) is 39.7 cm³/mol. The number of hydrogen-bond donors (Lipinski definition) is 1. The monoisotopic (exact) mass is 241 g/mol. The summed E-state index contributed by atoms with van der Waals surface area (Å²) in [4.78, 5) is 12.6. The van der Waals surface area contributed by atoms with Crippen LogP contribution in [-0.4, -0.2) is 4.98 Å². The van der Waals surface area contributed by atoms with Crippen molar-refractivity contribution in [3.8, 4) is 0 Å². The van der Waals surface area contributed by atoms with E-state index in [1.807, 2.05) is 4.98 Å². The van der Waals surface area contributed by atoms with E-state index in [0.717, 1.165) is 6.20 Å². The number of aromatic nitrogens is 1. The molecule has 0 aliphatic heterocycles. The van der Waals surface area contributed by atoms with Crippen LogP contribution in [0.3, 0.4) is 0 Å². The fourth-order valence-electron chi connectivity index (χ4n) is 0.693. The molecule has 0 aromatic carbocycles. The number of nitrogens with one attached hydrogen (secondary N) is 1. The molecule has 2 nitrogen and oxygen atoms in total.